The molecule has 2 heterocycles. The van der Waals surface area contributed by atoms with Gasteiger partial charge in [0, 0.05) is 29.9 Å². The minimum Gasteiger partial charge on any atom is -0.497 e. The lowest BCUT2D eigenvalue weighted by Crippen LogP contribution is -2.28. The van der Waals surface area contributed by atoms with Crippen LogP contribution in [0.1, 0.15) is 54.7 Å². The number of carbonyl (C=O) groups is 1. The topological polar surface area (TPSA) is 45.3 Å². The Kier molecular flexibility index (Phi) is 4.66. The molecule has 1 saturated heterocycles. The second kappa shape index (κ2) is 7.01. The fourth-order valence-corrected chi connectivity index (χ4v) is 3.97. The van der Waals surface area contributed by atoms with E-state index in [2.05, 4.69) is 56.1 Å². The van der Waals surface area contributed by atoms with Crippen molar-refractivity contribution in [2.45, 2.75) is 38.5 Å². The molecule has 3 aromatic rings. The summed E-state index contributed by atoms with van der Waals surface area (Å²) in [5, 5.41) is 1.09. The van der Waals surface area contributed by atoms with Gasteiger partial charge < -0.3 is 14.6 Å². The molecular formula is C24H28N2O2. The number of fused-ring (bicyclic) bond motifs is 1. The number of aromatic amines is 1. The number of rotatable bonds is 3. The third-order valence-electron chi connectivity index (χ3n) is 5.78. The van der Waals surface area contributed by atoms with Crippen LogP contribution >= 0.6 is 0 Å². The Labute approximate surface area is 166 Å². The van der Waals surface area contributed by atoms with Crippen LogP contribution in [0.3, 0.4) is 0 Å². The number of likely N-dealkylation sites (tertiary alicyclic amines) is 1. The number of H-pyrrole nitrogens is 1. The van der Waals surface area contributed by atoms with Gasteiger partial charge in [-0.05, 0) is 47.2 Å². The highest BCUT2D eigenvalue weighted by Crippen LogP contribution is 2.30. The van der Waals surface area contributed by atoms with Crippen molar-refractivity contribution in [2.75, 3.05) is 20.2 Å². The normalized spacial score (nSPS) is 17.3. The van der Waals surface area contributed by atoms with Gasteiger partial charge in [-0.25, -0.2) is 0 Å². The Morgan fingerprint density at radius 2 is 1.86 bits per heavy atom. The lowest BCUT2D eigenvalue weighted by molar-refractivity contribution is 0.0786. The van der Waals surface area contributed by atoms with Crippen molar-refractivity contribution in [1.82, 2.24) is 9.88 Å². The summed E-state index contributed by atoms with van der Waals surface area (Å²) in [6.07, 6.45) is 0.993. The van der Waals surface area contributed by atoms with Gasteiger partial charge >= 0.3 is 0 Å². The van der Waals surface area contributed by atoms with Gasteiger partial charge in [0.15, 0.2) is 0 Å². The maximum atomic E-state index is 13.1. The molecule has 2 aromatic carbocycles. The SMILES string of the molecule is COc1ccc(C2CCN(C(=O)c3cc4ccc(C(C)(C)C)cc4[nH]3)C2)cc1. The Hall–Kier alpha value is -2.75. The summed E-state index contributed by atoms with van der Waals surface area (Å²) in [4.78, 5) is 18.4. The summed E-state index contributed by atoms with van der Waals surface area (Å²) in [5.74, 6) is 1.33. The van der Waals surface area contributed by atoms with Crippen molar-refractivity contribution in [3.8, 4) is 5.75 Å². The van der Waals surface area contributed by atoms with E-state index in [0.29, 0.717) is 11.6 Å². The number of aromatic nitrogens is 1. The van der Waals surface area contributed by atoms with Gasteiger partial charge in [0.25, 0.3) is 5.91 Å². The summed E-state index contributed by atoms with van der Waals surface area (Å²) in [5.41, 5.74) is 4.33. The number of hydrogen-bond donors (Lipinski definition) is 1. The first-order valence-corrected chi connectivity index (χ1v) is 9.91. The summed E-state index contributed by atoms with van der Waals surface area (Å²) in [6, 6.07) is 16.6. The zero-order chi connectivity index (χ0) is 19.9. The average molecular weight is 377 g/mol. The fraction of sp³-hybridized carbons (Fsp3) is 0.375. The summed E-state index contributed by atoms with van der Waals surface area (Å²) in [7, 11) is 1.68. The first kappa shape index (κ1) is 18.6. The predicted molar refractivity (Wildman–Crippen MR) is 113 cm³/mol. The summed E-state index contributed by atoms with van der Waals surface area (Å²) < 4.78 is 5.24. The molecule has 1 aliphatic heterocycles. The molecule has 0 spiro atoms. The third kappa shape index (κ3) is 3.51. The number of hydrogen-bond acceptors (Lipinski definition) is 2. The lowest BCUT2D eigenvalue weighted by atomic mass is 9.87. The predicted octanol–water partition coefficient (Wildman–Crippen LogP) is 5.10. The van der Waals surface area contributed by atoms with E-state index in [4.69, 9.17) is 4.74 Å². The van der Waals surface area contributed by atoms with Crippen LogP contribution in [0.4, 0.5) is 0 Å². The first-order valence-electron chi connectivity index (χ1n) is 9.91. The average Bonchev–Trinajstić information content (AvgIpc) is 3.33. The minimum absolute atomic E-state index is 0.0873. The van der Waals surface area contributed by atoms with Gasteiger partial charge in [-0.3, -0.25) is 4.79 Å². The Morgan fingerprint density at radius 1 is 1.11 bits per heavy atom. The van der Waals surface area contributed by atoms with Crippen LogP contribution in [0.2, 0.25) is 0 Å². The van der Waals surface area contributed by atoms with Crippen molar-refractivity contribution in [2.24, 2.45) is 0 Å². The number of nitrogens with zero attached hydrogens (tertiary/aromatic N) is 1. The molecule has 4 rings (SSSR count). The molecule has 0 bridgehead atoms. The molecule has 1 aliphatic rings. The third-order valence-corrected chi connectivity index (χ3v) is 5.78. The van der Waals surface area contributed by atoms with E-state index in [1.807, 2.05) is 23.1 Å². The van der Waals surface area contributed by atoms with Crippen LogP contribution in [-0.2, 0) is 5.41 Å². The standard InChI is InChI=1S/C24H28N2O2/c1-24(2,3)19-8-5-17-13-22(25-21(17)14-19)23(27)26-12-11-18(15-26)16-6-9-20(28-4)10-7-16/h5-10,13-14,18,25H,11-12,15H2,1-4H3. The highest BCUT2D eigenvalue weighted by Gasteiger charge is 2.29. The van der Waals surface area contributed by atoms with Crippen LogP contribution in [0, 0.1) is 0 Å². The number of nitrogens with one attached hydrogen (secondary N) is 1. The maximum absolute atomic E-state index is 13.1. The molecule has 1 atom stereocenters. The second-order valence-corrected chi connectivity index (χ2v) is 8.74. The van der Waals surface area contributed by atoms with E-state index in [0.717, 1.165) is 36.2 Å². The van der Waals surface area contributed by atoms with E-state index < -0.39 is 0 Å². The van der Waals surface area contributed by atoms with Gasteiger partial charge in [-0.2, -0.15) is 0 Å². The van der Waals surface area contributed by atoms with Crippen LogP contribution in [0.25, 0.3) is 10.9 Å². The number of carbonyl (C=O) groups excluding carboxylic acids is 1. The number of benzene rings is 2. The molecule has 146 valence electrons. The molecule has 0 radical (unpaired) electrons. The van der Waals surface area contributed by atoms with Gasteiger partial charge in [0.1, 0.15) is 11.4 Å². The molecule has 4 heteroatoms. The van der Waals surface area contributed by atoms with Crippen molar-refractivity contribution in [1.29, 1.82) is 0 Å². The number of methoxy groups -OCH3 is 1. The fourth-order valence-electron chi connectivity index (χ4n) is 3.97. The molecule has 0 saturated carbocycles. The van der Waals surface area contributed by atoms with Crippen molar-refractivity contribution in [3.05, 3.63) is 65.4 Å². The largest absolute Gasteiger partial charge is 0.497 e. The second-order valence-electron chi connectivity index (χ2n) is 8.74. The quantitative estimate of drug-likeness (QED) is 0.691. The van der Waals surface area contributed by atoms with E-state index in [9.17, 15) is 4.79 Å². The van der Waals surface area contributed by atoms with E-state index >= 15 is 0 Å². The zero-order valence-electron chi connectivity index (χ0n) is 17.1. The summed E-state index contributed by atoms with van der Waals surface area (Å²) in [6.45, 7) is 8.15. The lowest BCUT2D eigenvalue weighted by Gasteiger charge is -2.18. The molecule has 28 heavy (non-hydrogen) atoms. The van der Waals surface area contributed by atoms with Crippen molar-refractivity contribution < 1.29 is 9.53 Å². The van der Waals surface area contributed by atoms with Gasteiger partial charge in [-0.15, -0.1) is 0 Å². The molecular weight excluding hydrogens is 348 g/mol. The Bertz CT molecular complexity index is 996. The first-order chi connectivity index (χ1) is 13.3. The van der Waals surface area contributed by atoms with Gasteiger partial charge in [0.2, 0.25) is 0 Å². The Morgan fingerprint density at radius 3 is 2.54 bits per heavy atom. The van der Waals surface area contributed by atoms with Crippen LogP contribution in [0.15, 0.2) is 48.5 Å². The smallest absolute Gasteiger partial charge is 0.270 e. The Balaban J connectivity index is 1.51. The highest BCUT2D eigenvalue weighted by molar-refractivity contribution is 5.98. The zero-order valence-corrected chi connectivity index (χ0v) is 17.1. The molecule has 4 nitrogen and oxygen atoms in total. The molecule has 1 amide bonds. The number of amides is 1. The molecule has 1 N–H and O–H groups in total. The van der Waals surface area contributed by atoms with Crippen LogP contribution < -0.4 is 4.74 Å². The molecule has 1 fully saturated rings. The molecule has 1 aromatic heterocycles. The maximum Gasteiger partial charge on any atom is 0.270 e. The van der Waals surface area contributed by atoms with Gasteiger partial charge in [-0.1, -0.05) is 45.0 Å². The van der Waals surface area contributed by atoms with Gasteiger partial charge in [0.05, 0.1) is 7.11 Å². The molecule has 0 aliphatic carbocycles. The molecule has 1 unspecified atom stereocenters. The van der Waals surface area contributed by atoms with Crippen LogP contribution in [0.5, 0.6) is 5.75 Å². The van der Waals surface area contributed by atoms with E-state index in [-0.39, 0.29) is 11.3 Å². The number of ether oxygens (including phenoxy) is 1. The van der Waals surface area contributed by atoms with Crippen molar-refractivity contribution in [3.63, 3.8) is 0 Å². The van der Waals surface area contributed by atoms with E-state index in [1.165, 1.54) is 11.1 Å². The highest BCUT2D eigenvalue weighted by atomic mass is 16.5. The minimum atomic E-state index is 0.0873. The summed E-state index contributed by atoms with van der Waals surface area (Å²) >= 11 is 0. The monoisotopic (exact) mass is 376 g/mol. The van der Waals surface area contributed by atoms with E-state index in [1.54, 1.807) is 7.11 Å². The van der Waals surface area contributed by atoms with Crippen LogP contribution in [-0.4, -0.2) is 36.0 Å². The van der Waals surface area contributed by atoms with Crippen molar-refractivity contribution >= 4 is 16.8 Å².